The van der Waals surface area contributed by atoms with Gasteiger partial charge in [-0.1, -0.05) is 18.2 Å². The quantitative estimate of drug-likeness (QED) is 0.860. The average Bonchev–Trinajstić information content (AvgIpc) is 3.24. The predicted octanol–water partition coefficient (Wildman–Crippen LogP) is 2.83. The molecule has 6 nitrogen and oxygen atoms in total. The van der Waals surface area contributed by atoms with E-state index >= 15 is 0 Å². The molecule has 1 aliphatic heterocycles. The fourth-order valence-electron chi connectivity index (χ4n) is 3.08. The summed E-state index contributed by atoms with van der Waals surface area (Å²) in [5, 5.41) is 11.7. The van der Waals surface area contributed by atoms with Crippen molar-refractivity contribution in [1.29, 1.82) is 5.26 Å². The van der Waals surface area contributed by atoms with E-state index in [2.05, 4.69) is 11.4 Å². The van der Waals surface area contributed by atoms with Crippen LogP contribution in [0.3, 0.4) is 0 Å². The molecule has 1 aliphatic rings. The Balaban J connectivity index is 1.76. The van der Waals surface area contributed by atoms with Crippen molar-refractivity contribution in [3.63, 3.8) is 0 Å². The highest BCUT2D eigenvalue weighted by Gasteiger charge is 2.27. The van der Waals surface area contributed by atoms with E-state index in [0.29, 0.717) is 24.2 Å². The maximum Gasteiger partial charge on any atom is 0.251 e. The second kappa shape index (κ2) is 7.91. The van der Waals surface area contributed by atoms with Crippen molar-refractivity contribution in [2.24, 2.45) is 0 Å². The van der Waals surface area contributed by atoms with E-state index in [9.17, 15) is 13.2 Å². The number of nitrogens with one attached hydrogen (secondary N) is 1. The lowest BCUT2D eigenvalue weighted by molar-refractivity contribution is 0.0939. The van der Waals surface area contributed by atoms with Crippen molar-refractivity contribution in [1.82, 2.24) is 9.62 Å². The summed E-state index contributed by atoms with van der Waals surface area (Å²) in [6, 6.07) is 14.9. The lowest BCUT2D eigenvalue weighted by Crippen LogP contribution is -2.29. The second-order valence-corrected chi connectivity index (χ2v) is 8.51. The number of nitrogens with zero attached hydrogens (tertiary/aromatic N) is 2. The Morgan fingerprint density at radius 1 is 1.15 bits per heavy atom. The van der Waals surface area contributed by atoms with E-state index in [0.717, 1.165) is 18.4 Å². The molecule has 1 N–H and O–H groups in total. The van der Waals surface area contributed by atoms with Crippen molar-refractivity contribution in [2.45, 2.75) is 30.7 Å². The van der Waals surface area contributed by atoms with E-state index in [1.807, 2.05) is 6.92 Å². The summed E-state index contributed by atoms with van der Waals surface area (Å²) in [5.41, 5.74) is 1.72. The van der Waals surface area contributed by atoms with Gasteiger partial charge < -0.3 is 5.32 Å². The lowest BCUT2D eigenvalue weighted by Gasteiger charge is -2.17. The highest BCUT2D eigenvalue weighted by atomic mass is 32.2. The van der Waals surface area contributed by atoms with E-state index in [4.69, 9.17) is 5.26 Å². The summed E-state index contributed by atoms with van der Waals surface area (Å²) in [6.45, 7) is 2.88. The third kappa shape index (κ3) is 4.18. The van der Waals surface area contributed by atoms with Crippen LogP contribution in [0.25, 0.3) is 0 Å². The van der Waals surface area contributed by atoms with Gasteiger partial charge in [0.25, 0.3) is 5.91 Å². The number of sulfonamides is 1. The first kappa shape index (κ1) is 19.1. The summed E-state index contributed by atoms with van der Waals surface area (Å²) in [5.74, 6) is -0.342. The van der Waals surface area contributed by atoms with Crippen LogP contribution in [0.2, 0.25) is 0 Å². The van der Waals surface area contributed by atoms with Crippen molar-refractivity contribution >= 4 is 15.9 Å². The molecular formula is C20H21N3O3S. The average molecular weight is 383 g/mol. The minimum Gasteiger partial charge on any atom is -0.346 e. The summed E-state index contributed by atoms with van der Waals surface area (Å²) in [4.78, 5) is 12.7. The van der Waals surface area contributed by atoms with Crippen LogP contribution in [0, 0.1) is 11.3 Å². The second-order valence-electron chi connectivity index (χ2n) is 6.57. The van der Waals surface area contributed by atoms with Crippen molar-refractivity contribution in [3.8, 4) is 6.07 Å². The zero-order valence-electron chi connectivity index (χ0n) is 15.1. The SMILES string of the molecule is CC(NC(=O)c1cccc(S(=O)(=O)N2CCCC2)c1)c1ccc(C#N)cc1. The smallest absolute Gasteiger partial charge is 0.251 e. The van der Waals surface area contributed by atoms with Crippen LogP contribution in [0.15, 0.2) is 53.4 Å². The first-order valence-electron chi connectivity index (χ1n) is 8.83. The Hall–Kier alpha value is -2.69. The largest absolute Gasteiger partial charge is 0.346 e. The van der Waals surface area contributed by atoms with Gasteiger partial charge in [0.05, 0.1) is 22.6 Å². The third-order valence-corrected chi connectivity index (χ3v) is 6.58. The van der Waals surface area contributed by atoms with Crippen LogP contribution >= 0.6 is 0 Å². The minimum absolute atomic E-state index is 0.142. The van der Waals surface area contributed by atoms with Crippen LogP contribution in [-0.2, 0) is 10.0 Å². The van der Waals surface area contributed by atoms with E-state index in [-0.39, 0.29) is 16.8 Å². The summed E-state index contributed by atoms with van der Waals surface area (Å²) in [7, 11) is -3.56. The highest BCUT2D eigenvalue weighted by Crippen LogP contribution is 2.22. The Labute approximate surface area is 159 Å². The van der Waals surface area contributed by atoms with Gasteiger partial charge in [0.1, 0.15) is 0 Å². The van der Waals surface area contributed by atoms with Gasteiger partial charge in [0.15, 0.2) is 0 Å². The Bertz CT molecular complexity index is 972. The molecule has 0 saturated carbocycles. The molecule has 3 rings (SSSR count). The molecule has 0 aromatic heterocycles. The number of rotatable bonds is 5. The zero-order valence-corrected chi connectivity index (χ0v) is 15.9. The van der Waals surface area contributed by atoms with Gasteiger partial charge in [0.2, 0.25) is 10.0 Å². The lowest BCUT2D eigenvalue weighted by atomic mass is 10.1. The van der Waals surface area contributed by atoms with Crippen LogP contribution < -0.4 is 5.32 Å². The van der Waals surface area contributed by atoms with Crippen LogP contribution in [0.1, 0.15) is 47.3 Å². The molecule has 0 bridgehead atoms. The molecule has 1 amide bonds. The number of carbonyl (C=O) groups is 1. The number of carbonyl (C=O) groups excluding carboxylic acids is 1. The first-order valence-corrected chi connectivity index (χ1v) is 10.3. The molecule has 1 saturated heterocycles. The van der Waals surface area contributed by atoms with Crippen molar-refractivity contribution in [3.05, 3.63) is 65.2 Å². The monoisotopic (exact) mass is 383 g/mol. The van der Waals surface area contributed by atoms with Crippen molar-refractivity contribution < 1.29 is 13.2 Å². The number of hydrogen-bond acceptors (Lipinski definition) is 4. The molecule has 2 aromatic carbocycles. The van der Waals surface area contributed by atoms with Crippen LogP contribution in [0.5, 0.6) is 0 Å². The van der Waals surface area contributed by atoms with Gasteiger partial charge in [-0.25, -0.2) is 8.42 Å². The normalized spacial score (nSPS) is 15.9. The molecular weight excluding hydrogens is 362 g/mol. The predicted molar refractivity (Wildman–Crippen MR) is 101 cm³/mol. The topological polar surface area (TPSA) is 90.3 Å². The Kier molecular flexibility index (Phi) is 5.59. The molecule has 27 heavy (non-hydrogen) atoms. The van der Waals surface area contributed by atoms with Crippen LogP contribution in [0.4, 0.5) is 0 Å². The summed E-state index contributed by atoms with van der Waals surface area (Å²) in [6.07, 6.45) is 1.73. The van der Waals surface area contributed by atoms with Gasteiger partial charge in [-0.2, -0.15) is 9.57 Å². The molecule has 7 heteroatoms. The van der Waals surface area contributed by atoms with Gasteiger partial charge in [-0.3, -0.25) is 4.79 Å². The molecule has 1 fully saturated rings. The first-order chi connectivity index (χ1) is 12.9. The Morgan fingerprint density at radius 2 is 1.81 bits per heavy atom. The number of nitriles is 1. The fraction of sp³-hybridized carbons (Fsp3) is 0.300. The molecule has 1 unspecified atom stereocenters. The van der Waals surface area contributed by atoms with Crippen LogP contribution in [-0.4, -0.2) is 31.7 Å². The van der Waals surface area contributed by atoms with Crippen molar-refractivity contribution in [2.75, 3.05) is 13.1 Å². The Morgan fingerprint density at radius 3 is 2.44 bits per heavy atom. The highest BCUT2D eigenvalue weighted by molar-refractivity contribution is 7.89. The number of benzene rings is 2. The van der Waals surface area contributed by atoms with Gasteiger partial charge in [-0.15, -0.1) is 0 Å². The maximum atomic E-state index is 12.7. The maximum absolute atomic E-state index is 12.7. The van der Waals surface area contributed by atoms with Gasteiger partial charge >= 0.3 is 0 Å². The van der Waals surface area contributed by atoms with E-state index in [1.54, 1.807) is 36.4 Å². The fourth-order valence-corrected chi connectivity index (χ4v) is 4.65. The molecule has 140 valence electrons. The van der Waals surface area contributed by atoms with Gasteiger partial charge in [0, 0.05) is 18.7 Å². The summed E-state index contributed by atoms with van der Waals surface area (Å²) < 4.78 is 26.8. The zero-order chi connectivity index (χ0) is 19.4. The number of hydrogen-bond donors (Lipinski definition) is 1. The third-order valence-electron chi connectivity index (χ3n) is 4.69. The molecule has 1 heterocycles. The molecule has 2 aromatic rings. The number of amides is 1. The molecule has 0 spiro atoms. The minimum atomic E-state index is -3.56. The van der Waals surface area contributed by atoms with Gasteiger partial charge in [-0.05, 0) is 55.7 Å². The molecule has 1 atom stereocenters. The summed E-state index contributed by atoms with van der Waals surface area (Å²) >= 11 is 0. The van der Waals surface area contributed by atoms with E-state index in [1.165, 1.54) is 16.4 Å². The molecule has 0 radical (unpaired) electrons. The standard InChI is InChI=1S/C20H21N3O3S/c1-15(17-9-7-16(14-21)8-10-17)22-20(24)18-5-4-6-19(13-18)27(25,26)23-11-2-3-12-23/h4-10,13,15H,2-3,11-12H2,1H3,(H,22,24). The van der Waals surface area contributed by atoms with E-state index < -0.39 is 10.0 Å². The molecule has 0 aliphatic carbocycles.